The van der Waals surface area contributed by atoms with Crippen molar-refractivity contribution in [3.05, 3.63) is 22.7 Å². The number of rotatable bonds is 8. The third-order valence-corrected chi connectivity index (χ3v) is 3.99. The predicted octanol–water partition coefficient (Wildman–Crippen LogP) is 2.43. The van der Waals surface area contributed by atoms with Crippen LogP contribution in [0.1, 0.15) is 12.8 Å². The molecule has 0 amide bonds. The molecule has 1 aromatic rings. The second-order valence-corrected chi connectivity index (χ2v) is 5.91. The minimum Gasteiger partial charge on any atom is -0.495 e. The Morgan fingerprint density at radius 1 is 1.52 bits per heavy atom. The molecule has 6 heteroatoms. The van der Waals surface area contributed by atoms with Crippen LogP contribution in [-0.2, 0) is 9.47 Å². The lowest BCUT2D eigenvalue weighted by Gasteiger charge is -2.15. The number of hydrogen-bond donors (Lipinski definition) is 2. The van der Waals surface area contributed by atoms with E-state index in [4.69, 9.17) is 14.2 Å². The van der Waals surface area contributed by atoms with Gasteiger partial charge >= 0.3 is 0 Å². The van der Waals surface area contributed by atoms with Gasteiger partial charge in [-0.1, -0.05) is 0 Å². The zero-order valence-electron chi connectivity index (χ0n) is 12.2. The van der Waals surface area contributed by atoms with Crippen molar-refractivity contribution in [2.24, 2.45) is 0 Å². The Labute approximate surface area is 133 Å². The number of halogens is 1. The fourth-order valence-electron chi connectivity index (χ4n) is 2.18. The highest BCUT2D eigenvalue weighted by atomic mass is 79.9. The maximum absolute atomic E-state index is 9.90. The Morgan fingerprint density at radius 3 is 3.10 bits per heavy atom. The van der Waals surface area contributed by atoms with Gasteiger partial charge in [0, 0.05) is 24.9 Å². The van der Waals surface area contributed by atoms with E-state index in [9.17, 15) is 5.11 Å². The van der Waals surface area contributed by atoms with Crippen molar-refractivity contribution in [2.45, 2.75) is 25.0 Å². The molecule has 2 atom stereocenters. The van der Waals surface area contributed by atoms with Gasteiger partial charge in [0.1, 0.15) is 5.75 Å². The molecule has 0 saturated carbocycles. The summed E-state index contributed by atoms with van der Waals surface area (Å²) in [6.45, 7) is 2.11. The van der Waals surface area contributed by atoms with Crippen LogP contribution in [0.5, 0.6) is 5.75 Å². The first-order valence-corrected chi connectivity index (χ1v) is 7.93. The second kappa shape index (κ2) is 8.58. The molecule has 2 N–H and O–H groups in total. The maximum Gasteiger partial charge on any atom is 0.135 e. The van der Waals surface area contributed by atoms with E-state index in [2.05, 4.69) is 21.2 Å². The highest BCUT2D eigenvalue weighted by Gasteiger charge is 2.16. The van der Waals surface area contributed by atoms with Crippen LogP contribution in [0.2, 0.25) is 0 Å². The van der Waals surface area contributed by atoms with Crippen molar-refractivity contribution in [1.82, 2.24) is 0 Å². The summed E-state index contributed by atoms with van der Waals surface area (Å²) in [5.41, 5.74) is 0.897. The van der Waals surface area contributed by atoms with Gasteiger partial charge in [0.05, 0.1) is 37.0 Å². The van der Waals surface area contributed by atoms with E-state index in [0.717, 1.165) is 35.4 Å². The number of aliphatic hydroxyl groups is 1. The number of nitrogens with one attached hydrogen (secondary N) is 1. The first kappa shape index (κ1) is 16.5. The van der Waals surface area contributed by atoms with Crippen LogP contribution in [-0.4, -0.2) is 50.8 Å². The second-order valence-electron chi connectivity index (χ2n) is 5.06. The Hall–Kier alpha value is -0.820. The zero-order chi connectivity index (χ0) is 15.1. The highest BCUT2D eigenvalue weighted by molar-refractivity contribution is 9.10. The van der Waals surface area contributed by atoms with Gasteiger partial charge in [-0.05, 0) is 40.9 Å². The molecule has 1 aliphatic rings. The normalized spacial score (nSPS) is 19.5. The Morgan fingerprint density at radius 2 is 2.38 bits per heavy atom. The van der Waals surface area contributed by atoms with Gasteiger partial charge in [0.25, 0.3) is 0 Å². The zero-order valence-corrected chi connectivity index (χ0v) is 13.8. The molecular formula is C15H22BrNO4. The molecule has 0 bridgehead atoms. The molecule has 0 radical (unpaired) electrons. The van der Waals surface area contributed by atoms with Gasteiger partial charge in [-0.25, -0.2) is 0 Å². The van der Waals surface area contributed by atoms with Gasteiger partial charge in [-0.2, -0.15) is 0 Å². The molecule has 1 aliphatic heterocycles. The summed E-state index contributed by atoms with van der Waals surface area (Å²) in [5, 5.41) is 13.1. The summed E-state index contributed by atoms with van der Waals surface area (Å²) in [6.07, 6.45) is 1.79. The lowest BCUT2D eigenvalue weighted by molar-refractivity contribution is -0.0137. The van der Waals surface area contributed by atoms with Crippen LogP contribution < -0.4 is 10.1 Å². The molecule has 21 heavy (non-hydrogen) atoms. The number of aliphatic hydroxyl groups excluding tert-OH is 1. The average molecular weight is 360 g/mol. The highest BCUT2D eigenvalue weighted by Crippen LogP contribution is 2.27. The average Bonchev–Trinajstić information content (AvgIpc) is 2.99. The van der Waals surface area contributed by atoms with E-state index in [1.165, 1.54) is 0 Å². The largest absolute Gasteiger partial charge is 0.495 e. The van der Waals surface area contributed by atoms with Crippen LogP contribution in [0, 0.1) is 0 Å². The van der Waals surface area contributed by atoms with Crippen LogP contribution >= 0.6 is 15.9 Å². The van der Waals surface area contributed by atoms with Gasteiger partial charge in [-0.15, -0.1) is 0 Å². The monoisotopic (exact) mass is 359 g/mol. The van der Waals surface area contributed by atoms with Crippen LogP contribution in [0.4, 0.5) is 5.69 Å². The third-order valence-electron chi connectivity index (χ3n) is 3.33. The van der Waals surface area contributed by atoms with Crippen molar-refractivity contribution in [2.75, 3.05) is 38.8 Å². The first-order chi connectivity index (χ1) is 10.2. The summed E-state index contributed by atoms with van der Waals surface area (Å²) in [5.74, 6) is 0.754. The standard InChI is InChI=1S/C15H22BrNO4/c1-19-15-7-11(4-5-14(15)16)17-8-12(18)9-20-10-13-3-2-6-21-13/h4-5,7,12-13,17-18H,2-3,6,8-10H2,1H3. The first-order valence-electron chi connectivity index (χ1n) is 7.14. The molecule has 5 nitrogen and oxygen atoms in total. The van der Waals surface area contributed by atoms with Gasteiger partial charge in [0.2, 0.25) is 0 Å². The molecule has 0 spiro atoms. The third kappa shape index (κ3) is 5.47. The van der Waals surface area contributed by atoms with E-state index in [1.807, 2.05) is 18.2 Å². The van der Waals surface area contributed by atoms with Gasteiger partial charge in [-0.3, -0.25) is 0 Å². The van der Waals surface area contributed by atoms with Gasteiger partial charge < -0.3 is 24.6 Å². The van der Waals surface area contributed by atoms with Crippen molar-refractivity contribution < 1.29 is 19.3 Å². The van der Waals surface area contributed by atoms with Crippen LogP contribution in [0.15, 0.2) is 22.7 Å². The summed E-state index contributed by atoms with van der Waals surface area (Å²) in [4.78, 5) is 0. The number of anilines is 1. The molecule has 2 rings (SSSR count). The van der Waals surface area contributed by atoms with Gasteiger partial charge in [0.15, 0.2) is 0 Å². The summed E-state index contributed by atoms with van der Waals surface area (Å²) in [6, 6.07) is 5.71. The van der Waals surface area contributed by atoms with E-state index < -0.39 is 6.10 Å². The molecule has 118 valence electrons. The smallest absolute Gasteiger partial charge is 0.135 e. The molecule has 1 fully saturated rings. The van der Waals surface area contributed by atoms with E-state index in [1.54, 1.807) is 7.11 Å². The quantitative estimate of drug-likeness (QED) is 0.746. The topological polar surface area (TPSA) is 60.0 Å². The predicted molar refractivity (Wildman–Crippen MR) is 85.0 cm³/mol. The summed E-state index contributed by atoms with van der Waals surface area (Å²) in [7, 11) is 1.62. The van der Waals surface area contributed by atoms with Crippen molar-refractivity contribution in [3.8, 4) is 5.75 Å². The molecule has 1 aromatic carbocycles. The molecule has 2 unspecified atom stereocenters. The number of hydrogen-bond acceptors (Lipinski definition) is 5. The molecular weight excluding hydrogens is 338 g/mol. The summed E-state index contributed by atoms with van der Waals surface area (Å²) >= 11 is 3.40. The van der Waals surface area contributed by atoms with Crippen molar-refractivity contribution in [3.63, 3.8) is 0 Å². The van der Waals surface area contributed by atoms with Crippen molar-refractivity contribution >= 4 is 21.6 Å². The fraction of sp³-hybridized carbons (Fsp3) is 0.600. The summed E-state index contributed by atoms with van der Waals surface area (Å²) < 4.78 is 17.1. The van der Waals surface area contributed by atoms with Crippen LogP contribution in [0.25, 0.3) is 0 Å². The van der Waals surface area contributed by atoms with E-state index >= 15 is 0 Å². The fourth-order valence-corrected chi connectivity index (χ4v) is 2.58. The molecule has 0 aromatic heterocycles. The lowest BCUT2D eigenvalue weighted by atomic mass is 10.2. The minimum absolute atomic E-state index is 0.195. The number of benzene rings is 1. The molecule has 1 heterocycles. The van der Waals surface area contributed by atoms with Crippen LogP contribution in [0.3, 0.4) is 0 Å². The molecule has 1 saturated heterocycles. The number of ether oxygens (including phenoxy) is 3. The Balaban J connectivity index is 1.67. The Bertz CT molecular complexity index is 438. The van der Waals surface area contributed by atoms with Crippen molar-refractivity contribution in [1.29, 1.82) is 0 Å². The molecule has 0 aliphatic carbocycles. The Kier molecular flexibility index (Phi) is 6.76. The van der Waals surface area contributed by atoms with E-state index in [-0.39, 0.29) is 6.10 Å². The van der Waals surface area contributed by atoms with E-state index in [0.29, 0.717) is 19.8 Å². The number of methoxy groups -OCH3 is 1. The lowest BCUT2D eigenvalue weighted by Crippen LogP contribution is -2.27. The SMILES string of the molecule is COc1cc(NCC(O)COCC2CCCO2)ccc1Br. The maximum atomic E-state index is 9.90. The minimum atomic E-state index is -0.555.